The van der Waals surface area contributed by atoms with Gasteiger partial charge in [-0.05, 0) is 24.1 Å². The van der Waals surface area contributed by atoms with Gasteiger partial charge in [0.05, 0.1) is 0 Å². The molecule has 0 spiro atoms. The first-order valence-electron chi connectivity index (χ1n) is 4.83. The minimum Gasteiger partial charge on any atom is -0.399 e. The van der Waals surface area contributed by atoms with Crippen LogP contribution in [0.5, 0.6) is 0 Å². The lowest BCUT2D eigenvalue weighted by Gasteiger charge is -2.11. The van der Waals surface area contributed by atoms with Gasteiger partial charge >= 0.3 is 0 Å². The normalized spacial score (nSPS) is 20.5. The van der Waals surface area contributed by atoms with E-state index < -0.39 is 0 Å². The largest absolute Gasteiger partial charge is 0.399 e. The molecule has 0 aliphatic carbocycles. The Labute approximate surface area is 79.4 Å². The van der Waals surface area contributed by atoms with Crippen LogP contribution in [0.1, 0.15) is 24.8 Å². The van der Waals surface area contributed by atoms with Crippen molar-refractivity contribution >= 4 is 11.4 Å². The minimum atomic E-state index is 0.695. The molecule has 1 aliphatic rings. The van der Waals surface area contributed by atoms with Crippen molar-refractivity contribution in [3.05, 3.63) is 23.8 Å². The average Bonchev–Trinajstić information content (AvgIpc) is 2.43. The molecule has 1 aromatic rings. The van der Waals surface area contributed by atoms with Crippen LogP contribution in [-0.4, -0.2) is 13.6 Å². The number of anilines is 2. The molecule has 0 radical (unpaired) electrons. The lowest BCUT2D eigenvalue weighted by atomic mass is 9.99. The van der Waals surface area contributed by atoms with E-state index >= 15 is 0 Å². The Bertz CT molecular complexity index is 320. The van der Waals surface area contributed by atoms with E-state index in [4.69, 9.17) is 5.73 Å². The molecule has 1 heterocycles. The van der Waals surface area contributed by atoms with Gasteiger partial charge in [0.1, 0.15) is 0 Å². The molecule has 1 aliphatic heterocycles. The van der Waals surface area contributed by atoms with E-state index in [2.05, 4.69) is 31.0 Å². The molecule has 0 fully saturated rings. The molecule has 2 heteroatoms. The Morgan fingerprint density at radius 3 is 3.00 bits per heavy atom. The highest BCUT2D eigenvalue weighted by Crippen LogP contribution is 2.37. The summed E-state index contributed by atoms with van der Waals surface area (Å²) in [7, 11) is 2.13. The lowest BCUT2D eigenvalue weighted by Crippen LogP contribution is -2.14. The summed E-state index contributed by atoms with van der Waals surface area (Å²) in [5.41, 5.74) is 9.39. The van der Waals surface area contributed by atoms with Crippen molar-refractivity contribution in [1.29, 1.82) is 0 Å². The molecule has 0 amide bonds. The van der Waals surface area contributed by atoms with Crippen LogP contribution in [0.15, 0.2) is 18.2 Å². The van der Waals surface area contributed by atoms with E-state index in [-0.39, 0.29) is 0 Å². The maximum Gasteiger partial charge on any atom is 0.0420 e. The number of nitrogen functional groups attached to an aromatic ring is 1. The van der Waals surface area contributed by atoms with Crippen LogP contribution in [0.25, 0.3) is 0 Å². The monoisotopic (exact) mass is 176 g/mol. The van der Waals surface area contributed by atoms with Crippen LogP contribution in [0.4, 0.5) is 11.4 Å². The molecular weight excluding hydrogens is 160 g/mol. The van der Waals surface area contributed by atoms with E-state index in [9.17, 15) is 0 Å². The zero-order valence-corrected chi connectivity index (χ0v) is 8.25. The summed E-state index contributed by atoms with van der Waals surface area (Å²) < 4.78 is 0. The van der Waals surface area contributed by atoms with Crippen LogP contribution in [0, 0.1) is 0 Å². The fourth-order valence-corrected chi connectivity index (χ4v) is 2.11. The van der Waals surface area contributed by atoms with Crippen molar-refractivity contribution in [2.24, 2.45) is 0 Å². The van der Waals surface area contributed by atoms with Crippen LogP contribution in [-0.2, 0) is 0 Å². The summed E-state index contributed by atoms with van der Waals surface area (Å²) in [4.78, 5) is 2.29. The van der Waals surface area contributed by atoms with E-state index in [1.807, 2.05) is 6.07 Å². The quantitative estimate of drug-likeness (QED) is 0.665. The van der Waals surface area contributed by atoms with Crippen molar-refractivity contribution in [1.82, 2.24) is 0 Å². The summed E-state index contributed by atoms with van der Waals surface area (Å²) in [5, 5.41) is 0. The molecule has 70 valence electrons. The number of nitrogens with zero attached hydrogens (tertiary/aromatic N) is 1. The molecule has 13 heavy (non-hydrogen) atoms. The molecule has 0 aromatic heterocycles. The molecule has 2 nitrogen and oxygen atoms in total. The van der Waals surface area contributed by atoms with Gasteiger partial charge in [0, 0.05) is 30.9 Å². The number of benzene rings is 1. The van der Waals surface area contributed by atoms with Crippen molar-refractivity contribution in [2.45, 2.75) is 19.3 Å². The van der Waals surface area contributed by atoms with Crippen molar-refractivity contribution in [3.8, 4) is 0 Å². The minimum absolute atomic E-state index is 0.695. The van der Waals surface area contributed by atoms with E-state index in [1.54, 1.807) is 0 Å². The van der Waals surface area contributed by atoms with Crippen molar-refractivity contribution in [2.75, 3.05) is 24.2 Å². The molecule has 1 unspecified atom stereocenters. The van der Waals surface area contributed by atoms with Gasteiger partial charge in [-0.15, -0.1) is 0 Å². The third-order valence-corrected chi connectivity index (χ3v) is 2.89. The number of hydrogen-bond donors (Lipinski definition) is 1. The van der Waals surface area contributed by atoms with Gasteiger partial charge in [-0.3, -0.25) is 0 Å². The van der Waals surface area contributed by atoms with Crippen LogP contribution in [0.2, 0.25) is 0 Å². The lowest BCUT2D eigenvalue weighted by molar-refractivity contribution is 0.696. The number of hydrogen-bond acceptors (Lipinski definition) is 2. The maximum absolute atomic E-state index is 5.75. The van der Waals surface area contributed by atoms with Gasteiger partial charge in [-0.1, -0.05) is 13.0 Å². The van der Waals surface area contributed by atoms with Gasteiger partial charge < -0.3 is 10.6 Å². The fourth-order valence-electron chi connectivity index (χ4n) is 2.11. The van der Waals surface area contributed by atoms with Crippen LogP contribution >= 0.6 is 0 Å². The summed E-state index contributed by atoms with van der Waals surface area (Å²) in [6.45, 7) is 3.37. The van der Waals surface area contributed by atoms with Crippen LogP contribution in [0.3, 0.4) is 0 Å². The van der Waals surface area contributed by atoms with Gasteiger partial charge in [-0.25, -0.2) is 0 Å². The summed E-state index contributed by atoms with van der Waals surface area (Å²) in [6, 6.07) is 6.24. The second-order valence-electron chi connectivity index (χ2n) is 3.80. The number of nitrogens with two attached hydrogens (primary N) is 1. The van der Waals surface area contributed by atoms with E-state index in [1.165, 1.54) is 17.7 Å². The molecule has 0 saturated carbocycles. The summed E-state index contributed by atoms with van der Waals surface area (Å²) in [5.74, 6) is 0.695. The molecule has 0 saturated heterocycles. The zero-order chi connectivity index (χ0) is 9.42. The molecule has 0 bridgehead atoms. The SMILES string of the molecule is CCC1CN(C)c2cc(N)ccc21. The van der Waals surface area contributed by atoms with Crippen molar-refractivity contribution in [3.63, 3.8) is 0 Å². The predicted molar refractivity (Wildman–Crippen MR) is 57.2 cm³/mol. The number of likely N-dealkylation sites (N-methyl/N-ethyl adjacent to an activating group) is 1. The second kappa shape index (κ2) is 2.95. The Morgan fingerprint density at radius 1 is 1.54 bits per heavy atom. The van der Waals surface area contributed by atoms with Gasteiger partial charge in [0.25, 0.3) is 0 Å². The Kier molecular flexibility index (Phi) is 1.91. The third kappa shape index (κ3) is 1.26. The first kappa shape index (κ1) is 8.42. The van der Waals surface area contributed by atoms with E-state index in [0.29, 0.717) is 5.92 Å². The molecule has 1 aromatic carbocycles. The van der Waals surface area contributed by atoms with Gasteiger partial charge in [0.2, 0.25) is 0 Å². The van der Waals surface area contributed by atoms with Gasteiger partial charge in [0.15, 0.2) is 0 Å². The highest BCUT2D eigenvalue weighted by atomic mass is 15.1. The standard InChI is InChI=1S/C11H16N2/c1-3-8-7-13(2)11-6-9(12)4-5-10(8)11/h4-6,8H,3,7,12H2,1-2H3. The molecular formula is C11H16N2. The zero-order valence-electron chi connectivity index (χ0n) is 8.25. The topological polar surface area (TPSA) is 29.3 Å². The first-order valence-corrected chi connectivity index (χ1v) is 4.83. The Hall–Kier alpha value is -1.18. The third-order valence-electron chi connectivity index (χ3n) is 2.89. The van der Waals surface area contributed by atoms with E-state index in [0.717, 1.165) is 12.2 Å². The highest BCUT2D eigenvalue weighted by molar-refractivity contribution is 5.65. The second-order valence-corrected chi connectivity index (χ2v) is 3.80. The molecule has 2 rings (SSSR count). The molecule has 1 atom stereocenters. The maximum atomic E-state index is 5.75. The average molecular weight is 176 g/mol. The Morgan fingerprint density at radius 2 is 2.31 bits per heavy atom. The highest BCUT2D eigenvalue weighted by Gasteiger charge is 2.24. The van der Waals surface area contributed by atoms with Gasteiger partial charge in [-0.2, -0.15) is 0 Å². The molecule has 2 N–H and O–H groups in total. The fraction of sp³-hybridized carbons (Fsp3) is 0.455. The first-order chi connectivity index (χ1) is 6.22. The number of rotatable bonds is 1. The smallest absolute Gasteiger partial charge is 0.0420 e. The summed E-state index contributed by atoms with van der Waals surface area (Å²) in [6.07, 6.45) is 1.21. The Balaban J connectivity index is 2.46. The summed E-state index contributed by atoms with van der Waals surface area (Å²) >= 11 is 0. The predicted octanol–water partition coefficient (Wildman–Crippen LogP) is 2.21. The van der Waals surface area contributed by atoms with Crippen LogP contribution < -0.4 is 10.6 Å². The number of fused-ring (bicyclic) bond motifs is 1. The van der Waals surface area contributed by atoms with Crippen molar-refractivity contribution < 1.29 is 0 Å².